The Morgan fingerprint density at radius 3 is 2.11 bits per heavy atom. The summed E-state index contributed by atoms with van der Waals surface area (Å²) in [6.45, 7) is 3.28. The molecule has 0 aromatic heterocycles. The van der Waals surface area contributed by atoms with E-state index < -0.39 is 0 Å². The van der Waals surface area contributed by atoms with Gasteiger partial charge in [0.15, 0.2) is 0 Å². The minimum atomic E-state index is 0.599. The molecule has 2 saturated carbocycles. The van der Waals surface area contributed by atoms with E-state index in [0.29, 0.717) is 6.10 Å². The number of unbranched alkanes of at least 4 members (excludes halogenated alkanes) is 3. The molecule has 0 spiro atoms. The SMILES string of the molecule is CCCCCCOC1CCC(C2CCCCC2)CC1. The van der Waals surface area contributed by atoms with E-state index >= 15 is 0 Å². The molecule has 0 amide bonds. The van der Waals surface area contributed by atoms with Gasteiger partial charge in [0.25, 0.3) is 0 Å². The fraction of sp³-hybridized carbons (Fsp3) is 1.00. The highest BCUT2D eigenvalue weighted by molar-refractivity contribution is 4.80. The standard InChI is InChI=1S/C18H34O/c1-2-3-4-8-15-19-18-13-11-17(12-14-18)16-9-6-5-7-10-16/h16-18H,2-15H2,1H3. The van der Waals surface area contributed by atoms with Crippen molar-refractivity contribution in [3.05, 3.63) is 0 Å². The Balaban J connectivity index is 1.54. The third-order valence-corrected chi connectivity index (χ3v) is 5.39. The van der Waals surface area contributed by atoms with Crippen LogP contribution >= 0.6 is 0 Å². The summed E-state index contributed by atoms with van der Waals surface area (Å²) in [5, 5.41) is 0. The molecule has 2 fully saturated rings. The second-order valence-corrected chi connectivity index (χ2v) is 6.87. The third kappa shape index (κ3) is 5.45. The highest BCUT2D eigenvalue weighted by Gasteiger charge is 2.28. The van der Waals surface area contributed by atoms with Crippen molar-refractivity contribution in [2.24, 2.45) is 11.8 Å². The van der Waals surface area contributed by atoms with Crippen LogP contribution in [0.25, 0.3) is 0 Å². The van der Waals surface area contributed by atoms with E-state index in [0.717, 1.165) is 18.4 Å². The first-order chi connectivity index (χ1) is 9.40. The molecule has 0 heterocycles. The van der Waals surface area contributed by atoms with Gasteiger partial charge in [0.2, 0.25) is 0 Å². The molecule has 0 N–H and O–H groups in total. The van der Waals surface area contributed by atoms with Gasteiger partial charge in [-0.1, -0.05) is 58.3 Å². The van der Waals surface area contributed by atoms with E-state index in [1.54, 1.807) is 0 Å². The molecule has 2 aliphatic carbocycles. The van der Waals surface area contributed by atoms with Gasteiger partial charge in [-0.05, 0) is 43.9 Å². The summed E-state index contributed by atoms with van der Waals surface area (Å²) in [4.78, 5) is 0. The zero-order chi connectivity index (χ0) is 13.3. The van der Waals surface area contributed by atoms with Crippen molar-refractivity contribution >= 4 is 0 Å². The summed E-state index contributed by atoms with van der Waals surface area (Å²) < 4.78 is 6.07. The monoisotopic (exact) mass is 266 g/mol. The van der Waals surface area contributed by atoms with Crippen molar-refractivity contribution in [2.75, 3.05) is 6.61 Å². The Morgan fingerprint density at radius 1 is 0.737 bits per heavy atom. The maximum atomic E-state index is 6.07. The second-order valence-electron chi connectivity index (χ2n) is 6.87. The van der Waals surface area contributed by atoms with Crippen LogP contribution in [0.5, 0.6) is 0 Å². The molecule has 0 aromatic carbocycles. The van der Waals surface area contributed by atoms with E-state index in [9.17, 15) is 0 Å². The third-order valence-electron chi connectivity index (χ3n) is 5.39. The average Bonchev–Trinajstić information content (AvgIpc) is 2.49. The minimum Gasteiger partial charge on any atom is -0.378 e. The van der Waals surface area contributed by atoms with Crippen LogP contribution < -0.4 is 0 Å². The molecule has 0 aromatic rings. The summed E-state index contributed by atoms with van der Waals surface area (Å²) in [6, 6.07) is 0. The summed E-state index contributed by atoms with van der Waals surface area (Å²) >= 11 is 0. The largest absolute Gasteiger partial charge is 0.378 e. The van der Waals surface area contributed by atoms with Crippen molar-refractivity contribution in [1.29, 1.82) is 0 Å². The molecule has 2 aliphatic rings. The lowest BCUT2D eigenvalue weighted by Crippen LogP contribution is -2.27. The smallest absolute Gasteiger partial charge is 0.0575 e. The van der Waals surface area contributed by atoms with E-state index in [1.165, 1.54) is 83.5 Å². The normalized spacial score (nSPS) is 29.5. The average molecular weight is 266 g/mol. The van der Waals surface area contributed by atoms with Crippen LogP contribution in [0.15, 0.2) is 0 Å². The summed E-state index contributed by atoms with van der Waals surface area (Å²) in [6.07, 6.45) is 19.0. The number of hydrogen-bond acceptors (Lipinski definition) is 1. The summed E-state index contributed by atoms with van der Waals surface area (Å²) in [7, 11) is 0. The second kappa shape index (κ2) is 9.00. The Kier molecular flexibility index (Phi) is 7.27. The maximum Gasteiger partial charge on any atom is 0.0575 e. The van der Waals surface area contributed by atoms with Crippen LogP contribution in [-0.2, 0) is 4.74 Å². The fourth-order valence-corrected chi connectivity index (χ4v) is 4.11. The highest BCUT2D eigenvalue weighted by Crippen LogP contribution is 2.38. The van der Waals surface area contributed by atoms with Crippen molar-refractivity contribution in [2.45, 2.75) is 96.5 Å². The Bertz CT molecular complexity index is 212. The number of rotatable bonds is 7. The van der Waals surface area contributed by atoms with E-state index in [-0.39, 0.29) is 0 Å². The minimum absolute atomic E-state index is 0.599. The summed E-state index contributed by atoms with van der Waals surface area (Å²) in [5.74, 6) is 2.11. The fourth-order valence-electron chi connectivity index (χ4n) is 4.11. The Hall–Kier alpha value is -0.0400. The van der Waals surface area contributed by atoms with E-state index in [4.69, 9.17) is 4.74 Å². The van der Waals surface area contributed by atoms with Crippen molar-refractivity contribution in [3.63, 3.8) is 0 Å². The van der Waals surface area contributed by atoms with Crippen LogP contribution in [-0.4, -0.2) is 12.7 Å². The first-order valence-corrected chi connectivity index (χ1v) is 9.01. The predicted octanol–water partition coefficient (Wildman–Crippen LogP) is 5.72. The quantitative estimate of drug-likeness (QED) is 0.535. The molecule has 0 saturated heterocycles. The molecule has 0 radical (unpaired) electrons. The van der Waals surface area contributed by atoms with E-state index in [2.05, 4.69) is 6.92 Å². The zero-order valence-electron chi connectivity index (χ0n) is 13.0. The van der Waals surface area contributed by atoms with Crippen LogP contribution in [0.3, 0.4) is 0 Å². The molecule has 112 valence electrons. The lowest BCUT2D eigenvalue weighted by molar-refractivity contribution is 0.00671. The molecular formula is C18H34O. The molecule has 0 unspecified atom stereocenters. The molecule has 0 aliphatic heterocycles. The molecule has 1 nitrogen and oxygen atoms in total. The molecule has 19 heavy (non-hydrogen) atoms. The lowest BCUT2D eigenvalue weighted by Gasteiger charge is -2.35. The van der Waals surface area contributed by atoms with Gasteiger partial charge < -0.3 is 4.74 Å². The first-order valence-electron chi connectivity index (χ1n) is 9.01. The Labute approximate surface area is 120 Å². The van der Waals surface area contributed by atoms with Crippen LogP contribution in [0, 0.1) is 11.8 Å². The summed E-state index contributed by atoms with van der Waals surface area (Å²) in [5.41, 5.74) is 0. The maximum absolute atomic E-state index is 6.07. The van der Waals surface area contributed by atoms with Gasteiger partial charge in [0.1, 0.15) is 0 Å². The molecular weight excluding hydrogens is 232 g/mol. The van der Waals surface area contributed by atoms with Gasteiger partial charge in [0.05, 0.1) is 6.10 Å². The highest BCUT2D eigenvalue weighted by atomic mass is 16.5. The number of ether oxygens (including phenoxy) is 1. The van der Waals surface area contributed by atoms with Crippen molar-refractivity contribution in [3.8, 4) is 0 Å². The van der Waals surface area contributed by atoms with Gasteiger partial charge in [-0.2, -0.15) is 0 Å². The van der Waals surface area contributed by atoms with Crippen molar-refractivity contribution in [1.82, 2.24) is 0 Å². The van der Waals surface area contributed by atoms with Gasteiger partial charge in [0, 0.05) is 6.61 Å². The Morgan fingerprint density at radius 2 is 1.42 bits per heavy atom. The van der Waals surface area contributed by atoms with Crippen LogP contribution in [0.4, 0.5) is 0 Å². The van der Waals surface area contributed by atoms with Gasteiger partial charge in [-0.3, -0.25) is 0 Å². The number of hydrogen-bond donors (Lipinski definition) is 0. The van der Waals surface area contributed by atoms with Gasteiger partial charge in [-0.15, -0.1) is 0 Å². The first kappa shape index (κ1) is 15.4. The van der Waals surface area contributed by atoms with Gasteiger partial charge in [-0.25, -0.2) is 0 Å². The molecule has 0 bridgehead atoms. The predicted molar refractivity (Wildman–Crippen MR) is 82.4 cm³/mol. The molecule has 2 rings (SSSR count). The topological polar surface area (TPSA) is 9.23 Å². The van der Waals surface area contributed by atoms with Crippen LogP contribution in [0.1, 0.15) is 90.4 Å². The molecule has 0 atom stereocenters. The van der Waals surface area contributed by atoms with E-state index in [1.807, 2.05) is 0 Å². The zero-order valence-corrected chi connectivity index (χ0v) is 13.0. The van der Waals surface area contributed by atoms with Crippen molar-refractivity contribution < 1.29 is 4.74 Å². The lowest BCUT2D eigenvalue weighted by atomic mass is 9.73. The van der Waals surface area contributed by atoms with Gasteiger partial charge >= 0.3 is 0 Å². The molecule has 1 heteroatoms. The van der Waals surface area contributed by atoms with Crippen LogP contribution in [0.2, 0.25) is 0 Å².